The summed E-state index contributed by atoms with van der Waals surface area (Å²) in [5.74, 6) is 0.951. The Morgan fingerprint density at radius 3 is 2.47 bits per heavy atom. The van der Waals surface area contributed by atoms with E-state index in [0.29, 0.717) is 18.5 Å². The molecule has 0 aromatic carbocycles. The summed E-state index contributed by atoms with van der Waals surface area (Å²) in [7, 11) is 1.92. The van der Waals surface area contributed by atoms with Crippen molar-refractivity contribution >= 4 is 5.91 Å². The smallest absolute Gasteiger partial charge is 0.236 e. The molecule has 88 valence electrons. The number of nitrogens with zero attached hydrogens (tertiary/aromatic N) is 1. The van der Waals surface area contributed by atoms with E-state index < -0.39 is 0 Å². The fourth-order valence-electron chi connectivity index (χ4n) is 1.75. The lowest BCUT2D eigenvalue weighted by Gasteiger charge is -2.18. The largest absolute Gasteiger partial charge is 0.342 e. The monoisotopic (exact) mass is 212 g/mol. The first-order valence-electron chi connectivity index (χ1n) is 6.15. The van der Waals surface area contributed by atoms with Crippen LogP contribution in [0, 0.1) is 5.92 Å². The average Bonchev–Trinajstić information content (AvgIpc) is 3.06. The van der Waals surface area contributed by atoms with E-state index in [1.807, 2.05) is 11.9 Å². The summed E-state index contributed by atoms with van der Waals surface area (Å²) in [6.45, 7) is 5.88. The third kappa shape index (κ3) is 4.20. The van der Waals surface area contributed by atoms with E-state index in [4.69, 9.17) is 0 Å². The first kappa shape index (κ1) is 12.5. The lowest BCUT2D eigenvalue weighted by atomic mass is 10.0. The molecule has 1 fully saturated rings. The molecule has 1 rings (SSSR count). The van der Waals surface area contributed by atoms with Crippen molar-refractivity contribution in [3.05, 3.63) is 0 Å². The SMILES string of the molecule is CCC(CC)CNCC(=O)N(C)C1CC1. The van der Waals surface area contributed by atoms with Crippen LogP contribution in [0.5, 0.6) is 0 Å². The van der Waals surface area contributed by atoms with Crippen molar-refractivity contribution in [2.24, 2.45) is 5.92 Å². The summed E-state index contributed by atoms with van der Waals surface area (Å²) in [6.07, 6.45) is 4.76. The van der Waals surface area contributed by atoms with Crippen LogP contribution in [-0.4, -0.2) is 37.0 Å². The Morgan fingerprint density at radius 2 is 2.00 bits per heavy atom. The van der Waals surface area contributed by atoms with Gasteiger partial charge in [-0.1, -0.05) is 26.7 Å². The molecule has 3 heteroatoms. The predicted octanol–water partition coefficient (Wildman–Crippen LogP) is 1.63. The van der Waals surface area contributed by atoms with Crippen molar-refractivity contribution in [1.29, 1.82) is 0 Å². The summed E-state index contributed by atoms with van der Waals surface area (Å²) < 4.78 is 0. The highest BCUT2D eigenvalue weighted by Gasteiger charge is 2.28. The van der Waals surface area contributed by atoms with Gasteiger partial charge in [0, 0.05) is 13.1 Å². The molecule has 1 N–H and O–H groups in total. The minimum absolute atomic E-state index is 0.239. The van der Waals surface area contributed by atoms with E-state index in [2.05, 4.69) is 19.2 Å². The summed E-state index contributed by atoms with van der Waals surface area (Å²) >= 11 is 0. The maximum Gasteiger partial charge on any atom is 0.236 e. The molecule has 3 nitrogen and oxygen atoms in total. The lowest BCUT2D eigenvalue weighted by molar-refractivity contribution is -0.129. The molecule has 0 bridgehead atoms. The van der Waals surface area contributed by atoms with E-state index in [9.17, 15) is 4.79 Å². The Kier molecular flexibility index (Phi) is 5.09. The molecule has 1 amide bonds. The Hall–Kier alpha value is -0.570. The van der Waals surface area contributed by atoms with Crippen LogP contribution in [0.2, 0.25) is 0 Å². The number of likely N-dealkylation sites (N-methyl/N-ethyl adjacent to an activating group) is 1. The molecule has 0 spiro atoms. The zero-order chi connectivity index (χ0) is 11.3. The molecule has 0 radical (unpaired) electrons. The van der Waals surface area contributed by atoms with Crippen molar-refractivity contribution < 1.29 is 4.79 Å². The average molecular weight is 212 g/mol. The summed E-state index contributed by atoms with van der Waals surface area (Å²) in [6, 6.07) is 0.535. The van der Waals surface area contributed by atoms with Crippen LogP contribution in [0.25, 0.3) is 0 Å². The quantitative estimate of drug-likeness (QED) is 0.695. The van der Waals surface area contributed by atoms with Crippen molar-refractivity contribution in [2.45, 2.75) is 45.6 Å². The molecule has 0 unspecified atom stereocenters. The molecule has 0 heterocycles. The first-order chi connectivity index (χ1) is 7.19. The summed E-state index contributed by atoms with van der Waals surface area (Å²) in [5, 5.41) is 3.26. The molecular formula is C12H24N2O. The van der Waals surface area contributed by atoms with E-state index >= 15 is 0 Å². The van der Waals surface area contributed by atoms with E-state index in [-0.39, 0.29) is 5.91 Å². The third-order valence-electron chi connectivity index (χ3n) is 3.35. The predicted molar refractivity (Wildman–Crippen MR) is 62.7 cm³/mol. The number of hydrogen-bond acceptors (Lipinski definition) is 2. The van der Waals surface area contributed by atoms with Gasteiger partial charge in [-0.3, -0.25) is 4.79 Å². The van der Waals surface area contributed by atoms with Crippen LogP contribution in [0.3, 0.4) is 0 Å². The van der Waals surface area contributed by atoms with Crippen LogP contribution < -0.4 is 5.32 Å². The molecule has 0 saturated heterocycles. The zero-order valence-electron chi connectivity index (χ0n) is 10.3. The van der Waals surface area contributed by atoms with E-state index in [0.717, 1.165) is 6.54 Å². The minimum Gasteiger partial charge on any atom is -0.342 e. The third-order valence-corrected chi connectivity index (χ3v) is 3.35. The highest BCUT2D eigenvalue weighted by molar-refractivity contribution is 5.78. The Bertz CT molecular complexity index is 198. The van der Waals surface area contributed by atoms with Gasteiger partial charge in [0.25, 0.3) is 0 Å². The van der Waals surface area contributed by atoms with Gasteiger partial charge < -0.3 is 10.2 Å². The number of nitrogens with one attached hydrogen (secondary N) is 1. The maximum absolute atomic E-state index is 11.6. The minimum atomic E-state index is 0.239. The molecule has 0 aromatic heterocycles. The number of carbonyl (C=O) groups excluding carboxylic acids is 1. The van der Waals surface area contributed by atoms with E-state index in [1.54, 1.807) is 0 Å². The highest BCUT2D eigenvalue weighted by Crippen LogP contribution is 2.25. The first-order valence-corrected chi connectivity index (χ1v) is 6.15. The molecule has 0 aromatic rings. The van der Waals surface area contributed by atoms with Crippen molar-refractivity contribution in [3.63, 3.8) is 0 Å². The van der Waals surface area contributed by atoms with E-state index in [1.165, 1.54) is 25.7 Å². The molecular weight excluding hydrogens is 188 g/mol. The second-order valence-electron chi connectivity index (χ2n) is 4.55. The van der Waals surface area contributed by atoms with Crippen LogP contribution in [0.4, 0.5) is 0 Å². The molecule has 0 atom stereocenters. The van der Waals surface area contributed by atoms with Gasteiger partial charge in [0.1, 0.15) is 0 Å². The molecule has 1 aliphatic rings. The topological polar surface area (TPSA) is 32.3 Å². The van der Waals surface area contributed by atoms with Gasteiger partial charge in [0.15, 0.2) is 0 Å². The van der Waals surface area contributed by atoms with Gasteiger partial charge in [0.05, 0.1) is 6.54 Å². The number of rotatable bonds is 7. The molecule has 1 saturated carbocycles. The second-order valence-corrected chi connectivity index (χ2v) is 4.55. The van der Waals surface area contributed by atoms with Gasteiger partial charge in [0.2, 0.25) is 5.91 Å². The fourth-order valence-corrected chi connectivity index (χ4v) is 1.75. The van der Waals surface area contributed by atoms with Crippen molar-refractivity contribution in [1.82, 2.24) is 10.2 Å². The van der Waals surface area contributed by atoms with Crippen LogP contribution in [-0.2, 0) is 4.79 Å². The van der Waals surface area contributed by atoms with Gasteiger partial charge in [-0.15, -0.1) is 0 Å². The van der Waals surface area contributed by atoms with Crippen LogP contribution in [0.1, 0.15) is 39.5 Å². The number of hydrogen-bond donors (Lipinski definition) is 1. The zero-order valence-corrected chi connectivity index (χ0v) is 10.3. The van der Waals surface area contributed by atoms with Crippen LogP contribution >= 0.6 is 0 Å². The Labute approximate surface area is 93.2 Å². The van der Waals surface area contributed by atoms with Crippen LogP contribution in [0.15, 0.2) is 0 Å². The Balaban J connectivity index is 2.10. The second kappa shape index (κ2) is 6.11. The molecule has 15 heavy (non-hydrogen) atoms. The van der Waals surface area contributed by atoms with Crippen molar-refractivity contribution in [3.8, 4) is 0 Å². The highest BCUT2D eigenvalue weighted by atomic mass is 16.2. The lowest BCUT2D eigenvalue weighted by Crippen LogP contribution is -2.38. The van der Waals surface area contributed by atoms with Gasteiger partial charge in [-0.2, -0.15) is 0 Å². The maximum atomic E-state index is 11.6. The standard InChI is InChI=1S/C12H24N2O/c1-4-10(5-2)8-13-9-12(15)14(3)11-6-7-11/h10-11,13H,4-9H2,1-3H3. The van der Waals surface area contributed by atoms with Gasteiger partial charge in [-0.05, 0) is 25.3 Å². The Morgan fingerprint density at radius 1 is 1.40 bits per heavy atom. The summed E-state index contributed by atoms with van der Waals surface area (Å²) in [5.41, 5.74) is 0. The molecule has 0 aliphatic heterocycles. The number of amides is 1. The fraction of sp³-hybridized carbons (Fsp3) is 0.917. The van der Waals surface area contributed by atoms with Gasteiger partial charge in [-0.25, -0.2) is 0 Å². The van der Waals surface area contributed by atoms with Gasteiger partial charge >= 0.3 is 0 Å². The van der Waals surface area contributed by atoms with Crippen molar-refractivity contribution in [2.75, 3.05) is 20.1 Å². The number of carbonyl (C=O) groups is 1. The summed E-state index contributed by atoms with van der Waals surface area (Å²) in [4.78, 5) is 13.5. The normalized spacial score (nSPS) is 15.7. The molecule has 1 aliphatic carbocycles.